The number of aromatic nitrogens is 2. The van der Waals surface area contributed by atoms with Gasteiger partial charge in [0.15, 0.2) is 0 Å². The number of nitrogens with one attached hydrogen (secondary N) is 1. The van der Waals surface area contributed by atoms with Crippen molar-refractivity contribution in [1.82, 2.24) is 19.2 Å². The molecule has 0 saturated carbocycles. The molecule has 1 fully saturated rings. The van der Waals surface area contributed by atoms with Crippen LogP contribution in [0.15, 0.2) is 35.5 Å². The summed E-state index contributed by atoms with van der Waals surface area (Å²) in [7, 11) is -1.55. The third-order valence-corrected chi connectivity index (χ3v) is 6.81. The van der Waals surface area contributed by atoms with Crippen molar-refractivity contribution in [1.29, 1.82) is 0 Å². The molecule has 2 aromatic rings. The van der Waals surface area contributed by atoms with Crippen molar-refractivity contribution in [2.75, 3.05) is 26.7 Å². The molecule has 1 N–H and O–H groups in total. The molecule has 0 bridgehead atoms. The standard InChI is InChI=1S/C17H22N4O3S/c1-12-9-13-10-14(3-4-16(13)24-12)25(22,23)21-8-7-20(2)15(11-21)17-18-5-6-19-17/h3-6,10,12,15H,7-9,11H2,1-2H3,(H,18,19)/t12-,15+/m1/s1. The lowest BCUT2D eigenvalue weighted by atomic mass is 10.1. The van der Waals surface area contributed by atoms with Crippen LogP contribution in [0, 0.1) is 0 Å². The Labute approximate surface area is 147 Å². The first kappa shape index (κ1) is 16.6. The summed E-state index contributed by atoms with van der Waals surface area (Å²) in [6.45, 7) is 3.51. The predicted octanol–water partition coefficient (Wildman–Crippen LogP) is 1.41. The number of fused-ring (bicyclic) bond motifs is 1. The Balaban J connectivity index is 1.61. The summed E-state index contributed by atoms with van der Waals surface area (Å²) in [6.07, 6.45) is 4.30. The van der Waals surface area contributed by atoms with Crippen LogP contribution in [0.2, 0.25) is 0 Å². The van der Waals surface area contributed by atoms with E-state index < -0.39 is 10.0 Å². The third-order valence-electron chi connectivity index (χ3n) is 4.95. The van der Waals surface area contributed by atoms with Crippen molar-refractivity contribution in [3.63, 3.8) is 0 Å². The summed E-state index contributed by atoms with van der Waals surface area (Å²) in [6, 6.07) is 5.10. The minimum atomic E-state index is -3.54. The van der Waals surface area contributed by atoms with Gasteiger partial charge >= 0.3 is 0 Å². The number of aromatic amines is 1. The van der Waals surface area contributed by atoms with Crippen LogP contribution in [-0.4, -0.2) is 60.4 Å². The Kier molecular flexibility index (Phi) is 4.05. The summed E-state index contributed by atoms with van der Waals surface area (Å²) in [5.41, 5.74) is 0.963. The lowest BCUT2D eigenvalue weighted by Gasteiger charge is -2.37. The Morgan fingerprint density at radius 3 is 2.92 bits per heavy atom. The number of hydrogen-bond acceptors (Lipinski definition) is 5. The van der Waals surface area contributed by atoms with Gasteiger partial charge in [-0.3, -0.25) is 4.90 Å². The highest BCUT2D eigenvalue weighted by atomic mass is 32.2. The maximum absolute atomic E-state index is 13.1. The first-order valence-corrected chi connectivity index (χ1v) is 9.88. The molecular weight excluding hydrogens is 340 g/mol. The van der Waals surface area contributed by atoms with Gasteiger partial charge in [-0.05, 0) is 37.7 Å². The maximum atomic E-state index is 13.1. The second-order valence-corrected chi connectivity index (χ2v) is 8.67. The van der Waals surface area contributed by atoms with Gasteiger partial charge in [-0.15, -0.1) is 0 Å². The molecule has 0 radical (unpaired) electrons. The largest absolute Gasteiger partial charge is 0.490 e. The van der Waals surface area contributed by atoms with Crippen molar-refractivity contribution in [3.05, 3.63) is 42.0 Å². The molecule has 7 nitrogen and oxygen atoms in total. The Morgan fingerprint density at radius 1 is 1.32 bits per heavy atom. The van der Waals surface area contributed by atoms with Crippen LogP contribution in [0.25, 0.3) is 0 Å². The number of benzene rings is 1. The number of rotatable bonds is 3. The van der Waals surface area contributed by atoms with Crippen molar-refractivity contribution >= 4 is 10.0 Å². The number of hydrogen-bond donors (Lipinski definition) is 1. The van der Waals surface area contributed by atoms with E-state index in [9.17, 15) is 8.42 Å². The van der Waals surface area contributed by atoms with Gasteiger partial charge in [-0.25, -0.2) is 13.4 Å². The van der Waals surface area contributed by atoms with E-state index >= 15 is 0 Å². The van der Waals surface area contributed by atoms with E-state index in [0.717, 1.165) is 23.6 Å². The smallest absolute Gasteiger partial charge is 0.243 e. The lowest BCUT2D eigenvalue weighted by molar-refractivity contribution is 0.142. The quantitative estimate of drug-likeness (QED) is 0.893. The molecule has 1 aromatic heterocycles. The molecule has 4 rings (SSSR count). The Hall–Kier alpha value is -1.90. The molecule has 0 aliphatic carbocycles. The number of H-pyrrole nitrogens is 1. The zero-order valence-electron chi connectivity index (χ0n) is 14.3. The Bertz CT molecular complexity index is 866. The molecule has 0 spiro atoms. The molecule has 2 aliphatic heterocycles. The third kappa shape index (κ3) is 2.94. The molecular formula is C17H22N4O3S. The number of sulfonamides is 1. The molecule has 0 unspecified atom stereocenters. The average Bonchev–Trinajstić information content (AvgIpc) is 3.22. The van der Waals surface area contributed by atoms with Gasteiger partial charge in [0.2, 0.25) is 10.0 Å². The minimum absolute atomic E-state index is 0.0729. The highest BCUT2D eigenvalue weighted by Crippen LogP contribution is 2.32. The van der Waals surface area contributed by atoms with Crippen LogP contribution in [0.4, 0.5) is 0 Å². The number of nitrogens with zero attached hydrogens (tertiary/aromatic N) is 3. The van der Waals surface area contributed by atoms with Gasteiger partial charge in [0.1, 0.15) is 17.7 Å². The van der Waals surface area contributed by atoms with Crippen LogP contribution in [-0.2, 0) is 16.4 Å². The maximum Gasteiger partial charge on any atom is 0.243 e. The first-order chi connectivity index (χ1) is 11.9. The summed E-state index contributed by atoms with van der Waals surface area (Å²) >= 11 is 0. The van der Waals surface area contributed by atoms with E-state index in [2.05, 4.69) is 14.9 Å². The number of imidazole rings is 1. The molecule has 1 saturated heterocycles. The summed E-state index contributed by atoms with van der Waals surface area (Å²) in [4.78, 5) is 9.86. The minimum Gasteiger partial charge on any atom is -0.490 e. The van der Waals surface area contributed by atoms with Gasteiger partial charge in [0.25, 0.3) is 0 Å². The van der Waals surface area contributed by atoms with Crippen LogP contribution in [0.3, 0.4) is 0 Å². The number of piperazine rings is 1. The van der Waals surface area contributed by atoms with Crippen molar-refractivity contribution in [3.8, 4) is 5.75 Å². The lowest BCUT2D eigenvalue weighted by Crippen LogP contribution is -2.49. The molecule has 1 aromatic carbocycles. The molecule has 2 aliphatic rings. The van der Waals surface area contributed by atoms with E-state index in [1.807, 2.05) is 14.0 Å². The van der Waals surface area contributed by atoms with Crippen LogP contribution >= 0.6 is 0 Å². The topological polar surface area (TPSA) is 78.5 Å². The average molecular weight is 362 g/mol. The van der Waals surface area contributed by atoms with Crippen molar-refractivity contribution in [2.45, 2.75) is 30.4 Å². The van der Waals surface area contributed by atoms with Gasteiger partial charge in [-0.1, -0.05) is 0 Å². The highest BCUT2D eigenvalue weighted by Gasteiger charge is 2.35. The summed E-state index contributed by atoms with van der Waals surface area (Å²) in [5, 5.41) is 0. The van der Waals surface area contributed by atoms with Crippen molar-refractivity contribution in [2.24, 2.45) is 0 Å². The SMILES string of the molecule is C[C@@H]1Cc2cc(S(=O)(=O)N3CCN(C)[C@H](c4ncc[nH]4)C3)ccc2O1. The van der Waals surface area contributed by atoms with E-state index in [0.29, 0.717) is 24.5 Å². The zero-order valence-corrected chi connectivity index (χ0v) is 15.2. The summed E-state index contributed by atoms with van der Waals surface area (Å²) in [5.74, 6) is 1.58. The van der Waals surface area contributed by atoms with E-state index in [1.54, 1.807) is 34.9 Å². The normalized spacial score (nSPS) is 24.9. The van der Waals surface area contributed by atoms with Gasteiger partial charge in [0.05, 0.1) is 10.9 Å². The van der Waals surface area contributed by atoms with E-state index in [-0.39, 0.29) is 12.1 Å². The van der Waals surface area contributed by atoms with Crippen LogP contribution < -0.4 is 4.74 Å². The predicted molar refractivity (Wildman–Crippen MR) is 93.0 cm³/mol. The molecule has 134 valence electrons. The molecule has 25 heavy (non-hydrogen) atoms. The Morgan fingerprint density at radius 2 is 2.16 bits per heavy atom. The number of likely N-dealkylation sites (N-methyl/N-ethyl adjacent to an activating group) is 1. The molecule has 2 atom stereocenters. The fourth-order valence-corrected chi connectivity index (χ4v) is 5.02. The van der Waals surface area contributed by atoms with E-state index in [1.165, 1.54) is 0 Å². The number of ether oxygens (including phenoxy) is 1. The molecule has 8 heteroatoms. The highest BCUT2D eigenvalue weighted by molar-refractivity contribution is 7.89. The first-order valence-electron chi connectivity index (χ1n) is 8.44. The zero-order chi connectivity index (χ0) is 17.6. The second kappa shape index (κ2) is 6.12. The van der Waals surface area contributed by atoms with Gasteiger partial charge < -0.3 is 9.72 Å². The fourth-order valence-electron chi connectivity index (χ4n) is 3.53. The molecule has 0 amide bonds. The fraction of sp³-hybridized carbons (Fsp3) is 0.471. The van der Waals surface area contributed by atoms with Crippen molar-refractivity contribution < 1.29 is 13.2 Å². The van der Waals surface area contributed by atoms with E-state index in [4.69, 9.17) is 4.74 Å². The van der Waals surface area contributed by atoms with Gasteiger partial charge in [0, 0.05) is 38.4 Å². The van der Waals surface area contributed by atoms with Gasteiger partial charge in [-0.2, -0.15) is 4.31 Å². The monoisotopic (exact) mass is 362 g/mol. The summed E-state index contributed by atoms with van der Waals surface area (Å²) < 4.78 is 33.5. The van der Waals surface area contributed by atoms with Crippen LogP contribution in [0.5, 0.6) is 5.75 Å². The molecule has 3 heterocycles. The van der Waals surface area contributed by atoms with Crippen LogP contribution in [0.1, 0.15) is 24.4 Å². The second-order valence-electron chi connectivity index (χ2n) is 6.74.